The van der Waals surface area contributed by atoms with Gasteiger partial charge in [0.15, 0.2) is 0 Å². The number of hydrogen-bond acceptors (Lipinski definition) is 1. The lowest BCUT2D eigenvalue weighted by atomic mass is 9.29. The molecule has 0 saturated heterocycles. The van der Waals surface area contributed by atoms with Crippen LogP contribution in [-0.2, 0) is 16.2 Å². The van der Waals surface area contributed by atoms with Gasteiger partial charge in [-0.15, -0.1) is 0 Å². The van der Waals surface area contributed by atoms with Crippen LogP contribution < -0.4 is 21.3 Å². The third-order valence-electron chi connectivity index (χ3n) is 9.80. The van der Waals surface area contributed by atoms with Crippen LogP contribution in [-0.4, -0.2) is 6.71 Å². The molecule has 0 atom stereocenters. The van der Waals surface area contributed by atoms with E-state index in [4.69, 9.17) is 0 Å². The second-order valence-corrected chi connectivity index (χ2v) is 13.3. The summed E-state index contributed by atoms with van der Waals surface area (Å²) in [4.78, 5) is 2.48. The van der Waals surface area contributed by atoms with E-state index in [1.165, 1.54) is 57.4 Å². The van der Waals surface area contributed by atoms with Crippen molar-refractivity contribution in [3.05, 3.63) is 107 Å². The molecule has 0 fully saturated rings. The number of benzene rings is 4. The first-order valence-corrected chi connectivity index (χ1v) is 13.9. The van der Waals surface area contributed by atoms with Crippen molar-refractivity contribution in [1.29, 1.82) is 0 Å². The van der Waals surface area contributed by atoms with Crippen LogP contribution in [0.4, 0.5) is 17.1 Å². The molecule has 4 aromatic carbocycles. The number of anilines is 3. The first-order valence-electron chi connectivity index (χ1n) is 13.9. The summed E-state index contributed by atoms with van der Waals surface area (Å²) in [6, 6.07) is 32.2. The largest absolute Gasteiger partial charge is 0.312 e. The van der Waals surface area contributed by atoms with E-state index in [0.717, 1.165) is 0 Å². The first kappa shape index (κ1) is 22.9. The average Bonchev–Trinajstić information content (AvgIpc) is 2.89. The molecule has 0 unspecified atom stereocenters. The molecule has 0 N–H and O–H groups in total. The van der Waals surface area contributed by atoms with Crippen molar-refractivity contribution < 1.29 is 0 Å². The van der Waals surface area contributed by atoms with Crippen molar-refractivity contribution in [2.45, 2.75) is 70.6 Å². The van der Waals surface area contributed by atoms with Gasteiger partial charge in [0, 0.05) is 22.5 Å². The average molecular weight is 481 g/mol. The van der Waals surface area contributed by atoms with E-state index < -0.39 is 0 Å². The van der Waals surface area contributed by atoms with Gasteiger partial charge in [-0.2, -0.15) is 0 Å². The fourth-order valence-corrected chi connectivity index (χ4v) is 7.55. The van der Waals surface area contributed by atoms with Gasteiger partial charge in [-0.1, -0.05) is 108 Å². The highest BCUT2D eigenvalue weighted by atomic mass is 15.1. The minimum absolute atomic E-state index is 0.0709. The molecular formula is C35H36BN. The van der Waals surface area contributed by atoms with Crippen LogP contribution in [0.2, 0.25) is 0 Å². The minimum atomic E-state index is -0.0709. The number of hydrogen-bond donors (Lipinski definition) is 0. The van der Waals surface area contributed by atoms with Gasteiger partial charge in [-0.3, -0.25) is 0 Å². The third-order valence-corrected chi connectivity index (χ3v) is 9.80. The number of para-hydroxylation sites is 2. The molecule has 184 valence electrons. The summed E-state index contributed by atoms with van der Waals surface area (Å²) in [6.07, 6.45) is 2.48. The first-order chi connectivity index (χ1) is 17.6. The predicted octanol–water partition coefficient (Wildman–Crippen LogP) is 6.97. The quantitative estimate of drug-likeness (QED) is 0.234. The van der Waals surface area contributed by atoms with E-state index in [-0.39, 0.29) is 23.0 Å². The maximum Gasteiger partial charge on any atom is 0.247 e. The number of rotatable bonds is 1. The Kier molecular flexibility index (Phi) is 4.59. The lowest BCUT2D eigenvalue weighted by molar-refractivity contribution is 0.331. The smallest absolute Gasteiger partial charge is 0.247 e. The summed E-state index contributed by atoms with van der Waals surface area (Å²) < 4.78 is 0. The lowest BCUT2D eigenvalue weighted by Gasteiger charge is -2.48. The van der Waals surface area contributed by atoms with E-state index in [0.29, 0.717) is 0 Å². The summed E-state index contributed by atoms with van der Waals surface area (Å²) in [5.74, 6) is 0. The Morgan fingerprint density at radius 3 is 1.92 bits per heavy atom. The fourth-order valence-electron chi connectivity index (χ4n) is 7.55. The molecule has 0 aromatic heterocycles. The topological polar surface area (TPSA) is 3.24 Å². The van der Waals surface area contributed by atoms with Gasteiger partial charge in [0.05, 0.1) is 0 Å². The number of fused-ring (bicyclic) bond motifs is 5. The fraction of sp³-hybridized carbons (Fsp3) is 0.314. The van der Waals surface area contributed by atoms with Crippen LogP contribution in [0.15, 0.2) is 84.9 Å². The Bertz CT molecular complexity index is 1560. The minimum Gasteiger partial charge on any atom is -0.312 e. The Morgan fingerprint density at radius 2 is 1.19 bits per heavy atom. The zero-order valence-corrected chi connectivity index (χ0v) is 23.0. The molecule has 1 nitrogen and oxygen atoms in total. The van der Waals surface area contributed by atoms with E-state index in [9.17, 15) is 0 Å². The monoisotopic (exact) mass is 481 g/mol. The van der Waals surface area contributed by atoms with Gasteiger partial charge in [-0.25, -0.2) is 0 Å². The van der Waals surface area contributed by atoms with Gasteiger partial charge >= 0.3 is 0 Å². The molecule has 1 aliphatic carbocycles. The molecular weight excluding hydrogens is 445 g/mol. The van der Waals surface area contributed by atoms with Crippen LogP contribution in [0.25, 0.3) is 0 Å². The standard InChI is InChI=1S/C35H36BN/c1-33(2)19-20-34(3,4)26-22-29-27(21-25(26)33)35(5,6)24-15-12-18-31-32(24)36(29)28-16-10-11-17-30(28)37(31)23-13-8-7-9-14-23/h7-18,21-22H,19-20H2,1-6H3. The Morgan fingerprint density at radius 1 is 0.568 bits per heavy atom. The zero-order valence-electron chi connectivity index (χ0n) is 23.0. The van der Waals surface area contributed by atoms with Gasteiger partial charge in [-0.05, 0) is 81.1 Å². The molecule has 0 amide bonds. The Labute approximate surface area is 222 Å². The van der Waals surface area contributed by atoms with Crippen LogP contribution in [0.5, 0.6) is 0 Å². The molecule has 0 spiro atoms. The molecule has 3 aliphatic rings. The van der Waals surface area contributed by atoms with Crippen LogP contribution in [0.1, 0.15) is 76.6 Å². The van der Waals surface area contributed by atoms with Crippen molar-refractivity contribution in [1.82, 2.24) is 0 Å². The maximum absolute atomic E-state index is 2.63. The zero-order chi connectivity index (χ0) is 25.7. The van der Waals surface area contributed by atoms with Gasteiger partial charge in [0.2, 0.25) is 6.71 Å². The molecule has 0 bridgehead atoms. The molecule has 4 aromatic rings. The summed E-state index contributed by atoms with van der Waals surface area (Å²) in [6.45, 7) is 14.9. The van der Waals surface area contributed by atoms with Crippen LogP contribution in [0, 0.1) is 0 Å². The second kappa shape index (κ2) is 7.41. The second-order valence-electron chi connectivity index (χ2n) is 13.3. The Balaban J connectivity index is 1.58. The van der Waals surface area contributed by atoms with Crippen LogP contribution >= 0.6 is 0 Å². The molecule has 2 aliphatic heterocycles. The molecule has 2 heteroatoms. The summed E-state index contributed by atoms with van der Waals surface area (Å²) >= 11 is 0. The molecule has 0 saturated carbocycles. The maximum atomic E-state index is 2.63. The lowest BCUT2D eigenvalue weighted by Crippen LogP contribution is -2.64. The summed E-state index contributed by atoms with van der Waals surface area (Å²) in [5, 5.41) is 0. The molecule has 7 rings (SSSR count). The van der Waals surface area contributed by atoms with Crippen LogP contribution in [0.3, 0.4) is 0 Å². The van der Waals surface area contributed by atoms with E-state index >= 15 is 0 Å². The van der Waals surface area contributed by atoms with Crippen molar-refractivity contribution >= 4 is 40.2 Å². The highest BCUT2D eigenvalue weighted by Gasteiger charge is 2.48. The van der Waals surface area contributed by atoms with Crippen molar-refractivity contribution in [3.8, 4) is 0 Å². The van der Waals surface area contributed by atoms with Gasteiger partial charge in [0.25, 0.3) is 0 Å². The highest BCUT2D eigenvalue weighted by Crippen LogP contribution is 2.48. The van der Waals surface area contributed by atoms with E-state index in [2.05, 4.69) is 131 Å². The summed E-state index contributed by atoms with van der Waals surface area (Å²) in [5.41, 5.74) is 14.7. The highest BCUT2D eigenvalue weighted by molar-refractivity contribution is 6.99. The van der Waals surface area contributed by atoms with Crippen molar-refractivity contribution in [3.63, 3.8) is 0 Å². The SMILES string of the molecule is CC1(C)CCC(C)(C)c2cc3c(cc21)B1c2ccccc2N(c2ccccc2)c2cccc(c21)C3(C)C. The van der Waals surface area contributed by atoms with E-state index in [1.807, 2.05) is 0 Å². The predicted molar refractivity (Wildman–Crippen MR) is 160 cm³/mol. The normalized spacial score (nSPS) is 19.4. The number of nitrogens with zero attached hydrogens (tertiary/aromatic N) is 1. The van der Waals surface area contributed by atoms with E-state index in [1.54, 1.807) is 11.1 Å². The van der Waals surface area contributed by atoms with Crippen molar-refractivity contribution in [2.75, 3.05) is 4.90 Å². The molecule has 2 heterocycles. The van der Waals surface area contributed by atoms with Crippen molar-refractivity contribution in [2.24, 2.45) is 0 Å². The van der Waals surface area contributed by atoms with Gasteiger partial charge in [0.1, 0.15) is 0 Å². The Hall–Kier alpha value is -3.26. The molecule has 37 heavy (non-hydrogen) atoms. The summed E-state index contributed by atoms with van der Waals surface area (Å²) in [7, 11) is 0. The molecule has 0 radical (unpaired) electrons. The van der Waals surface area contributed by atoms with Gasteiger partial charge < -0.3 is 4.90 Å². The third kappa shape index (κ3) is 3.05.